The third-order valence-corrected chi connectivity index (χ3v) is 4.08. The zero-order valence-corrected chi connectivity index (χ0v) is 13.9. The van der Waals surface area contributed by atoms with Gasteiger partial charge in [0.15, 0.2) is 0 Å². The lowest BCUT2D eigenvalue weighted by Gasteiger charge is -2.07. The second-order valence-corrected chi connectivity index (χ2v) is 5.75. The Morgan fingerprint density at radius 1 is 0.880 bits per heavy atom. The number of methoxy groups -OCH3 is 1. The average Bonchev–Trinajstić information content (AvgIpc) is 3.11. The van der Waals surface area contributed by atoms with Crippen LogP contribution in [0.15, 0.2) is 79.1 Å². The van der Waals surface area contributed by atoms with E-state index in [-0.39, 0.29) is 0 Å². The molecule has 0 N–H and O–H groups in total. The van der Waals surface area contributed by atoms with Gasteiger partial charge in [0.1, 0.15) is 23.8 Å². The maximum Gasteiger partial charge on any atom is 0.137 e. The number of aromatic nitrogens is 2. The zero-order valence-electron chi connectivity index (χ0n) is 13.9. The lowest BCUT2D eigenvalue weighted by molar-refractivity contribution is 0.306. The van der Waals surface area contributed by atoms with Crippen molar-refractivity contribution < 1.29 is 9.47 Å². The molecule has 0 amide bonds. The van der Waals surface area contributed by atoms with Gasteiger partial charge in [-0.25, -0.2) is 4.98 Å². The number of ether oxygens (including phenoxy) is 2. The Bertz CT molecular complexity index is 940. The van der Waals surface area contributed by atoms with Crippen LogP contribution in [-0.4, -0.2) is 16.5 Å². The van der Waals surface area contributed by atoms with Crippen molar-refractivity contribution in [3.63, 3.8) is 0 Å². The number of fused-ring (bicyclic) bond motifs is 1. The fraction of sp³-hybridized carbons (Fsp3) is 0.0952. The van der Waals surface area contributed by atoms with E-state index >= 15 is 0 Å². The molecule has 0 radical (unpaired) electrons. The van der Waals surface area contributed by atoms with Crippen molar-refractivity contribution in [2.45, 2.75) is 6.61 Å². The number of hydrogen-bond acceptors (Lipinski definition) is 3. The Balaban J connectivity index is 1.45. The fourth-order valence-corrected chi connectivity index (χ4v) is 2.68. The molecule has 124 valence electrons. The Morgan fingerprint density at radius 3 is 2.36 bits per heavy atom. The highest BCUT2D eigenvalue weighted by Crippen LogP contribution is 2.23. The van der Waals surface area contributed by atoms with Crippen molar-refractivity contribution in [2.75, 3.05) is 7.11 Å². The van der Waals surface area contributed by atoms with E-state index in [1.165, 1.54) is 0 Å². The van der Waals surface area contributed by atoms with E-state index in [0.717, 1.165) is 34.0 Å². The molecule has 2 aromatic carbocycles. The van der Waals surface area contributed by atoms with Crippen LogP contribution in [0.3, 0.4) is 0 Å². The minimum atomic E-state index is 0.526. The largest absolute Gasteiger partial charge is 0.497 e. The predicted molar refractivity (Wildman–Crippen MR) is 98.0 cm³/mol. The van der Waals surface area contributed by atoms with E-state index in [1.807, 2.05) is 83.5 Å². The lowest BCUT2D eigenvalue weighted by atomic mass is 10.1. The van der Waals surface area contributed by atoms with Gasteiger partial charge >= 0.3 is 0 Å². The van der Waals surface area contributed by atoms with Gasteiger partial charge in [0, 0.05) is 18.0 Å². The molecule has 4 nitrogen and oxygen atoms in total. The van der Waals surface area contributed by atoms with Crippen molar-refractivity contribution in [1.82, 2.24) is 9.38 Å². The van der Waals surface area contributed by atoms with Crippen LogP contribution in [0, 0.1) is 0 Å². The van der Waals surface area contributed by atoms with E-state index in [0.29, 0.717) is 6.61 Å². The van der Waals surface area contributed by atoms with Crippen LogP contribution in [0.2, 0.25) is 0 Å². The molecule has 4 rings (SSSR count). The highest BCUT2D eigenvalue weighted by molar-refractivity contribution is 5.63. The van der Waals surface area contributed by atoms with Crippen LogP contribution in [0.1, 0.15) is 5.56 Å². The molecule has 0 saturated heterocycles. The number of pyridine rings is 1. The summed E-state index contributed by atoms with van der Waals surface area (Å²) in [5.74, 6) is 1.68. The summed E-state index contributed by atoms with van der Waals surface area (Å²) in [5, 5.41) is 0. The summed E-state index contributed by atoms with van der Waals surface area (Å²) >= 11 is 0. The molecule has 0 bridgehead atoms. The second kappa shape index (κ2) is 6.69. The first-order valence-electron chi connectivity index (χ1n) is 8.12. The summed E-state index contributed by atoms with van der Waals surface area (Å²) in [6.07, 6.45) is 4.03. The molecule has 2 aromatic heterocycles. The first-order chi connectivity index (χ1) is 12.3. The van der Waals surface area contributed by atoms with Gasteiger partial charge in [-0.1, -0.05) is 18.2 Å². The van der Waals surface area contributed by atoms with Gasteiger partial charge in [-0.2, -0.15) is 0 Å². The zero-order chi connectivity index (χ0) is 17.1. The van der Waals surface area contributed by atoms with Gasteiger partial charge in [-0.15, -0.1) is 0 Å². The van der Waals surface area contributed by atoms with E-state index in [9.17, 15) is 0 Å². The van der Waals surface area contributed by atoms with Crippen molar-refractivity contribution >= 4 is 5.65 Å². The van der Waals surface area contributed by atoms with Gasteiger partial charge in [-0.05, 0) is 54.1 Å². The highest BCUT2D eigenvalue weighted by atomic mass is 16.5. The molecule has 0 atom stereocenters. The fourth-order valence-electron chi connectivity index (χ4n) is 2.68. The van der Waals surface area contributed by atoms with Crippen molar-refractivity contribution in [1.29, 1.82) is 0 Å². The van der Waals surface area contributed by atoms with Gasteiger partial charge in [0.2, 0.25) is 0 Å². The number of rotatable bonds is 5. The minimum Gasteiger partial charge on any atom is -0.497 e. The van der Waals surface area contributed by atoms with E-state index in [1.54, 1.807) is 7.11 Å². The Labute approximate surface area is 146 Å². The molecule has 0 unspecified atom stereocenters. The minimum absolute atomic E-state index is 0.526. The maximum absolute atomic E-state index is 5.85. The lowest BCUT2D eigenvalue weighted by Crippen LogP contribution is -1.95. The highest BCUT2D eigenvalue weighted by Gasteiger charge is 2.04. The average molecular weight is 330 g/mol. The number of hydrogen-bond donors (Lipinski definition) is 0. The molecule has 0 fully saturated rings. The van der Waals surface area contributed by atoms with Crippen LogP contribution < -0.4 is 9.47 Å². The normalized spacial score (nSPS) is 10.8. The van der Waals surface area contributed by atoms with Crippen LogP contribution >= 0.6 is 0 Å². The maximum atomic E-state index is 5.85. The summed E-state index contributed by atoms with van der Waals surface area (Å²) in [6, 6.07) is 21.9. The summed E-state index contributed by atoms with van der Waals surface area (Å²) in [4.78, 5) is 4.63. The van der Waals surface area contributed by atoms with Gasteiger partial charge in [-0.3, -0.25) is 0 Å². The van der Waals surface area contributed by atoms with E-state index in [2.05, 4.69) is 4.98 Å². The Kier molecular flexibility index (Phi) is 4.09. The first kappa shape index (κ1) is 15.3. The van der Waals surface area contributed by atoms with E-state index < -0.39 is 0 Å². The predicted octanol–water partition coefficient (Wildman–Crippen LogP) is 4.59. The van der Waals surface area contributed by atoms with Gasteiger partial charge < -0.3 is 13.9 Å². The Morgan fingerprint density at radius 2 is 1.64 bits per heavy atom. The summed E-state index contributed by atoms with van der Waals surface area (Å²) in [7, 11) is 1.66. The second-order valence-electron chi connectivity index (χ2n) is 5.75. The molecule has 0 saturated carbocycles. The quantitative estimate of drug-likeness (QED) is 0.537. The standard InChI is InChI=1S/C21H18N2O2/c1-24-18-9-5-16(6-10-18)15-25-19-11-7-17(8-12-19)20-14-23-13-3-2-4-21(23)22-20/h2-14H,15H2,1H3. The van der Waals surface area contributed by atoms with Crippen molar-refractivity contribution in [3.05, 3.63) is 84.7 Å². The van der Waals surface area contributed by atoms with Gasteiger partial charge in [0.25, 0.3) is 0 Å². The molecule has 0 aliphatic carbocycles. The van der Waals surface area contributed by atoms with Crippen LogP contribution in [0.5, 0.6) is 11.5 Å². The molecule has 4 aromatic rings. The number of benzene rings is 2. The van der Waals surface area contributed by atoms with Crippen molar-refractivity contribution in [3.8, 4) is 22.8 Å². The molecular weight excluding hydrogens is 312 g/mol. The smallest absolute Gasteiger partial charge is 0.137 e. The molecular formula is C21H18N2O2. The first-order valence-corrected chi connectivity index (χ1v) is 8.12. The summed E-state index contributed by atoms with van der Waals surface area (Å²) in [6.45, 7) is 0.526. The molecule has 0 aliphatic rings. The van der Waals surface area contributed by atoms with Crippen molar-refractivity contribution in [2.24, 2.45) is 0 Å². The number of nitrogens with zero attached hydrogens (tertiary/aromatic N) is 2. The monoisotopic (exact) mass is 330 g/mol. The SMILES string of the molecule is COc1ccc(COc2ccc(-c3cn4ccccc4n3)cc2)cc1. The molecule has 25 heavy (non-hydrogen) atoms. The van der Waals surface area contributed by atoms with Crippen LogP contribution in [0.4, 0.5) is 0 Å². The third-order valence-electron chi connectivity index (χ3n) is 4.08. The topological polar surface area (TPSA) is 35.8 Å². The number of imidazole rings is 1. The summed E-state index contributed by atoms with van der Waals surface area (Å²) < 4.78 is 13.0. The molecule has 0 spiro atoms. The third kappa shape index (κ3) is 3.33. The van der Waals surface area contributed by atoms with E-state index in [4.69, 9.17) is 9.47 Å². The van der Waals surface area contributed by atoms with Gasteiger partial charge in [0.05, 0.1) is 12.8 Å². The Hall–Kier alpha value is -3.27. The molecule has 4 heteroatoms. The van der Waals surface area contributed by atoms with Crippen LogP contribution in [0.25, 0.3) is 16.9 Å². The molecule has 0 aliphatic heterocycles. The van der Waals surface area contributed by atoms with Crippen LogP contribution in [-0.2, 0) is 6.61 Å². The summed E-state index contributed by atoms with van der Waals surface area (Å²) in [5.41, 5.74) is 4.07. The molecule has 2 heterocycles.